The maximum Gasteiger partial charge on any atom is 0.198 e. The highest BCUT2D eigenvalue weighted by Crippen LogP contribution is 2.36. The molecule has 2 aromatic rings. The molecule has 1 atom stereocenters. The lowest BCUT2D eigenvalue weighted by atomic mass is 9.88. The first-order valence-electron chi connectivity index (χ1n) is 7.11. The van der Waals surface area contributed by atoms with Crippen molar-refractivity contribution in [3.05, 3.63) is 53.5 Å². The van der Waals surface area contributed by atoms with Crippen LogP contribution in [-0.4, -0.2) is 12.4 Å². The number of benzene rings is 1. The van der Waals surface area contributed by atoms with Crippen LogP contribution >= 0.6 is 0 Å². The summed E-state index contributed by atoms with van der Waals surface area (Å²) in [7, 11) is 0. The summed E-state index contributed by atoms with van der Waals surface area (Å²) in [5.74, 6) is 2.55. The lowest BCUT2D eigenvalue weighted by Gasteiger charge is -2.25. The van der Waals surface area contributed by atoms with E-state index < -0.39 is 0 Å². The number of carbonyl (C=O) groups is 1. The topological polar surface area (TPSA) is 39.4 Å². The summed E-state index contributed by atoms with van der Waals surface area (Å²) >= 11 is 0. The highest BCUT2D eigenvalue weighted by atomic mass is 16.5. The van der Waals surface area contributed by atoms with Gasteiger partial charge in [0.15, 0.2) is 11.5 Å². The second kappa shape index (κ2) is 5.53. The van der Waals surface area contributed by atoms with Gasteiger partial charge in [0, 0.05) is 12.8 Å². The Kier molecular flexibility index (Phi) is 3.59. The molecule has 0 saturated carbocycles. The van der Waals surface area contributed by atoms with Gasteiger partial charge < -0.3 is 9.15 Å². The number of hydrogen-bond acceptors (Lipinski definition) is 3. The first-order chi connectivity index (χ1) is 9.78. The Hall–Kier alpha value is -2.03. The Morgan fingerprint density at radius 1 is 1.25 bits per heavy atom. The highest BCUT2D eigenvalue weighted by Gasteiger charge is 2.25. The first-order valence-corrected chi connectivity index (χ1v) is 7.11. The number of carbonyl (C=O) groups excluding carboxylic acids is 1. The summed E-state index contributed by atoms with van der Waals surface area (Å²) in [4.78, 5) is 12.3. The molecule has 1 aromatic carbocycles. The Morgan fingerprint density at radius 3 is 2.90 bits per heavy atom. The van der Waals surface area contributed by atoms with Crippen LogP contribution in [0, 0.1) is 0 Å². The smallest absolute Gasteiger partial charge is 0.198 e. The predicted octanol–water partition coefficient (Wildman–Crippen LogP) is 3.98. The fraction of sp³-hybridized carbons (Fsp3) is 0.353. The third-order valence-corrected chi connectivity index (χ3v) is 3.80. The summed E-state index contributed by atoms with van der Waals surface area (Å²) in [5.41, 5.74) is 1.13. The molecule has 0 N–H and O–H groups in total. The maximum atomic E-state index is 12.3. The van der Waals surface area contributed by atoms with Gasteiger partial charge in [0.2, 0.25) is 0 Å². The van der Waals surface area contributed by atoms with Gasteiger partial charge in [-0.2, -0.15) is 0 Å². The molecule has 2 heterocycles. The minimum atomic E-state index is 0.0754. The van der Waals surface area contributed by atoms with E-state index >= 15 is 0 Å². The van der Waals surface area contributed by atoms with Crippen molar-refractivity contribution in [2.75, 3.05) is 6.61 Å². The van der Waals surface area contributed by atoms with Crippen LogP contribution in [0.1, 0.15) is 47.6 Å². The van der Waals surface area contributed by atoms with Gasteiger partial charge >= 0.3 is 0 Å². The van der Waals surface area contributed by atoms with Crippen LogP contribution in [0.2, 0.25) is 0 Å². The summed E-state index contributed by atoms with van der Waals surface area (Å²) in [6.45, 7) is 2.69. The van der Waals surface area contributed by atoms with Crippen LogP contribution in [0.25, 0.3) is 0 Å². The number of hydrogen-bond donors (Lipinski definition) is 0. The van der Waals surface area contributed by atoms with Crippen molar-refractivity contribution in [1.82, 2.24) is 0 Å². The van der Waals surface area contributed by atoms with E-state index in [0.717, 1.165) is 29.9 Å². The summed E-state index contributed by atoms with van der Waals surface area (Å²) < 4.78 is 11.2. The van der Waals surface area contributed by atoms with Gasteiger partial charge in [-0.1, -0.05) is 25.1 Å². The van der Waals surface area contributed by atoms with Gasteiger partial charge in [-0.05, 0) is 36.1 Å². The molecule has 0 saturated heterocycles. The second-order valence-electron chi connectivity index (χ2n) is 5.12. The van der Waals surface area contributed by atoms with Crippen LogP contribution in [0.4, 0.5) is 0 Å². The van der Waals surface area contributed by atoms with E-state index in [-0.39, 0.29) is 11.7 Å². The molecule has 3 rings (SSSR count). The first kappa shape index (κ1) is 13.0. The predicted molar refractivity (Wildman–Crippen MR) is 76.3 cm³/mol. The van der Waals surface area contributed by atoms with Crippen LogP contribution in [-0.2, 0) is 6.42 Å². The van der Waals surface area contributed by atoms with Crippen LogP contribution < -0.4 is 4.74 Å². The molecule has 0 bridgehead atoms. The number of furan rings is 1. The van der Waals surface area contributed by atoms with Crippen LogP contribution in [0.5, 0.6) is 5.75 Å². The van der Waals surface area contributed by atoms with Crippen molar-refractivity contribution in [2.24, 2.45) is 0 Å². The van der Waals surface area contributed by atoms with Gasteiger partial charge in [0.1, 0.15) is 11.5 Å². The minimum absolute atomic E-state index is 0.0754. The van der Waals surface area contributed by atoms with Crippen molar-refractivity contribution in [3.63, 3.8) is 0 Å². The molecule has 1 aliphatic rings. The number of ketones is 1. The van der Waals surface area contributed by atoms with E-state index in [1.165, 1.54) is 0 Å². The Morgan fingerprint density at radius 2 is 2.10 bits per heavy atom. The van der Waals surface area contributed by atoms with E-state index in [9.17, 15) is 4.79 Å². The number of ether oxygens (including phenoxy) is 1. The zero-order valence-electron chi connectivity index (χ0n) is 11.6. The van der Waals surface area contributed by atoms with Crippen molar-refractivity contribution < 1.29 is 13.9 Å². The molecule has 0 fully saturated rings. The van der Waals surface area contributed by atoms with Gasteiger partial charge in [-0.25, -0.2) is 0 Å². The molecular weight excluding hydrogens is 252 g/mol. The molecule has 1 aliphatic heterocycles. The molecule has 104 valence electrons. The average molecular weight is 270 g/mol. The Labute approximate surface area is 118 Å². The normalized spacial score (nSPS) is 17.4. The van der Waals surface area contributed by atoms with Crippen molar-refractivity contribution in [3.8, 4) is 5.75 Å². The number of fused-ring (bicyclic) bond motifs is 1. The highest BCUT2D eigenvalue weighted by molar-refractivity contribution is 5.94. The summed E-state index contributed by atoms with van der Waals surface area (Å²) in [5, 5.41) is 0. The molecule has 1 unspecified atom stereocenters. The average Bonchev–Trinajstić information content (AvgIpc) is 2.97. The largest absolute Gasteiger partial charge is 0.493 e. The molecular formula is C17H18O3. The zero-order valence-corrected chi connectivity index (χ0v) is 11.6. The van der Waals surface area contributed by atoms with E-state index in [0.29, 0.717) is 18.8 Å². The Balaban J connectivity index is 1.77. The van der Waals surface area contributed by atoms with Crippen molar-refractivity contribution in [1.29, 1.82) is 0 Å². The van der Waals surface area contributed by atoms with Gasteiger partial charge in [0.25, 0.3) is 0 Å². The third-order valence-electron chi connectivity index (χ3n) is 3.80. The molecule has 3 heteroatoms. The molecule has 0 aliphatic carbocycles. The SMILES string of the molecule is CCc1ccc(C(=O)CC2CCOc3ccccc32)o1. The second-order valence-corrected chi connectivity index (χ2v) is 5.12. The molecule has 1 aromatic heterocycles. The lowest BCUT2D eigenvalue weighted by Crippen LogP contribution is -2.17. The van der Waals surface area contributed by atoms with Crippen LogP contribution in [0.15, 0.2) is 40.8 Å². The molecule has 0 amide bonds. The fourth-order valence-corrected chi connectivity index (χ4v) is 2.67. The van der Waals surface area contributed by atoms with Gasteiger partial charge in [-0.3, -0.25) is 4.79 Å². The molecule has 0 radical (unpaired) electrons. The third kappa shape index (κ3) is 2.48. The quantitative estimate of drug-likeness (QED) is 0.789. The zero-order chi connectivity index (χ0) is 13.9. The van der Waals surface area contributed by atoms with E-state index in [4.69, 9.17) is 9.15 Å². The number of Topliss-reactive ketones (excluding diaryl/α,β-unsaturated/α-hetero) is 1. The lowest BCUT2D eigenvalue weighted by molar-refractivity contribution is 0.0937. The van der Waals surface area contributed by atoms with Gasteiger partial charge in [-0.15, -0.1) is 0 Å². The monoisotopic (exact) mass is 270 g/mol. The van der Waals surface area contributed by atoms with Crippen LogP contribution in [0.3, 0.4) is 0 Å². The molecule has 3 nitrogen and oxygen atoms in total. The van der Waals surface area contributed by atoms with Crippen molar-refractivity contribution >= 4 is 5.78 Å². The summed E-state index contributed by atoms with van der Waals surface area (Å²) in [6, 6.07) is 11.6. The number of para-hydroxylation sites is 1. The van der Waals surface area contributed by atoms with E-state index in [1.54, 1.807) is 6.07 Å². The minimum Gasteiger partial charge on any atom is -0.493 e. The number of rotatable bonds is 4. The fourth-order valence-electron chi connectivity index (χ4n) is 2.67. The van der Waals surface area contributed by atoms with Gasteiger partial charge in [0.05, 0.1) is 6.61 Å². The summed E-state index contributed by atoms with van der Waals surface area (Å²) in [6.07, 6.45) is 2.18. The number of aryl methyl sites for hydroxylation is 1. The van der Waals surface area contributed by atoms with E-state index in [2.05, 4.69) is 0 Å². The molecule has 0 spiro atoms. The maximum absolute atomic E-state index is 12.3. The van der Waals surface area contributed by atoms with E-state index in [1.807, 2.05) is 37.3 Å². The Bertz CT molecular complexity index is 612. The standard InChI is InChI=1S/C17H18O3/c1-2-13-7-8-17(20-13)15(18)11-12-9-10-19-16-6-4-3-5-14(12)16/h3-8,12H,2,9-11H2,1H3. The van der Waals surface area contributed by atoms with Crippen molar-refractivity contribution in [2.45, 2.75) is 32.1 Å². The molecule has 20 heavy (non-hydrogen) atoms.